The van der Waals surface area contributed by atoms with Crippen LogP contribution in [0.25, 0.3) is 11.8 Å². The predicted molar refractivity (Wildman–Crippen MR) is 101 cm³/mol. The number of halogens is 1. The minimum Gasteiger partial charge on any atom is -0.378 e. The van der Waals surface area contributed by atoms with E-state index in [1.54, 1.807) is 11.0 Å². The molecule has 2 heterocycles. The number of carbonyl (C=O) groups is 1. The molecule has 1 aliphatic rings. The molecule has 1 saturated heterocycles. The van der Waals surface area contributed by atoms with Crippen LogP contribution < -0.4 is 0 Å². The van der Waals surface area contributed by atoms with Crippen molar-refractivity contribution in [2.24, 2.45) is 0 Å². The van der Waals surface area contributed by atoms with E-state index in [2.05, 4.69) is 10.6 Å². The maximum Gasteiger partial charge on any atom is 0.264 e. The highest BCUT2D eigenvalue weighted by Crippen LogP contribution is 2.24. The van der Waals surface area contributed by atoms with Crippen molar-refractivity contribution in [3.05, 3.63) is 57.9 Å². The third-order valence-corrected chi connectivity index (χ3v) is 4.76. The molecular weight excluding hydrogens is 350 g/mol. The first-order valence-electron chi connectivity index (χ1n) is 8.45. The van der Waals surface area contributed by atoms with E-state index in [9.17, 15) is 10.1 Å². The normalized spacial score (nSPS) is 15.0. The summed E-state index contributed by atoms with van der Waals surface area (Å²) in [5.74, 6) is -0.243. The summed E-state index contributed by atoms with van der Waals surface area (Å²) < 4.78 is 7.35. The second-order valence-corrected chi connectivity index (χ2v) is 6.65. The Kier molecular flexibility index (Phi) is 5.46. The molecule has 1 aromatic heterocycles. The van der Waals surface area contributed by atoms with E-state index >= 15 is 0 Å². The quantitative estimate of drug-likeness (QED) is 0.614. The summed E-state index contributed by atoms with van der Waals surface area (Å²) in [6.45, 7) is 6.02. The van der Waals surface area contributed by atoms with Crippen LogP contribution >= 0.6 is 11.6 Å². The number of benzene rings is 1. The molecule has 0 atom stereocenters. The fourth-order valence-electron chi connectivity index (χ4n) is 3.16. The number of hydrogen-bond donors (Lipinski definition) is 0. The van der Waals surface area contributed by atoms with E-state index in [-0.39, 0.29) is 11.5 Å². The molecule has 5 nitrogen and oxygen atoms in total. The molecule has 6 heteroatoms. The number of nitrogens with zero attached hydrogens (tertiary/aromatic N) is 3. The smallest absolute Gasteiger partial charge is 0.264 e. The van der Waals surface area contributed by atoms with Gasteiger partial charge in [-0.15, -0.1) is 0 Å². The lowest BCUT2D eigenvalue weighted by Crippen LogP contribution is -2.41. The van der Waals surface area contributed by atoms with Gasteiger partial charge in [0.25, 0.3) is 5.91 Å². The molecule has 134 valence electrons. The highest BCUT2D eigenvalue weighted by atomic mass is 35.5. The summed E-state index contributed by atoms with van der Waals surface area (Å²) >= 11 is 5.97. The second-order valence-electron chi connectivity index (χ2n) is 6.21. The summed E-state index contributed by atoms with van der Waals surface area (Å²) in [6.07, 6.45) is 1.67. The van der Waals surface area contributed by atoms with Gasteiger partial charge in [-0.3, -0.25) is 4.79 Å². The largest absolute Gasteiger partial charge is 0.378 e. The Bertz CT molecular complexity index is 885. The second kappa shape index (κ2) is 7.77. The fourth-order valence-corrected chi connectivity index (χ4v) is 3.28. The lowest BCUT2D eigenvalue weighted by Gasteiger charge is -2.26. The monoisotopic (exact) mass is 369 g/mol. The molecule has 0 saturated carbocycles. The zero-order chi connectivity index (χ0) is 18.7. The first kappa shape index (κ1) is 18.2. The Hall–Kier alpha value is -2.55. The van der Waals surface area contributed by atoms with Crippen molar-refractivity contribution in [3.63, 3.8) is 0 Å². The standard InChI is InChI=1S/C20H20ClN3O2/c1-14-11-16(15(2)24(14)19-5-3-18(21)4-6-19)12-17(13-22)20(25)23-7-9-26-10-8-23/h3-6,11-12H,7-10H2,1-2H3/b17-12-. The van der Waals surface area contributed by atoms with Crippen molar-refractivity contribution >= 4 is 23.6 Å². The molecular formula is C20H20ClN3O2. The highest BCUT2D eigenvalue weighted by molar-refractivity contribution is 6.30. The van der Waals surface area contributed by atoms with Gasteiger partial charge in [-0.05, 0) is 55.8 Å². The molecule has 0 radical (unpaired) electrons. The van der Waals surface area contributed by atoms with Crippen LogP contribution in [-0.4, -0.2) is 41.7 Å². The maximum absolute atomic E-state index is 12.6. The molecule has 0 aliphatic carbocycles. The van der Waals surface area contributed by atoms with Crippen LogP contribution in [0.2, 0.25) is 5.02 Å². The summed E-state index contributed by atoms with van der Waals surface area (Å²) in [5, 5.41) is 10.2. The topological polar surface area (TPSA) is 58.3 Å². The van der Waals surface area contributed by atoms with Crippen LogP contribution in [0.15, 0.2) is 35.9 Å². The number of ether oxygens (including phenoxy) is 1. The van der Waals surface area contributed by atoms with Gasteiger partial charge in [-0.2, -0.15) is 5.26 Å². The van der Waals surface area contributed by atoms with E-state index in [1.807, 2.05) is 44.2 Å². The number of amides is 1. The van der Waals surface area contributed by atoms with E-state index in [1.165, 1.54) is 0 Å². The predicted octanol–water partition coefficient (Wildman–Crippen LogP) is 3.51. The van der Waals surface area contributed by atoms with Gasteiger partial charge in [0, 0.05) is 35.2 Å². The minimum atomic E-state index is -0.243. The van der Waals surface area contributed by atoms with E-state index in [4.69, 9.17) is 16.3 Å². The third-order valence-electron chi connectivity index (χ3n) is 4.50. The van der Waals surface area contributed by atoms with Gasteiger partial charge in [-0.1, -0.05) is 11.6 Å². The molecule has 0 spiro atoms. The van der Waals surface area contributed by atoms with Gasteiger partial charge in [0.05, 0.1) is 13.2 Å². The van der Waals surface area contributed by atoms with Gasteiger partial charge < -0.3 is 14.2 Å². The van der Waals surface area contributed by atoms with Crippen molar-refractivity contribution < 1.29 is 9.53 Å². The van der Waals surface area contributed by atoms with Crippen molar-refractivity contribution in [2.45, 2.75) is 13.8 Å². The molecule has 3 rings (SSSR count). The Balaban J connectivity index is 1.94. The zero-order valence-corrected chi connectivity index (χ0v) is 15.6. The van der Waals surface area contributed by atoms with Crippen LogP contribution in [0.5, 0.6) is 0 Å². The molecule has 26 heavy (non-hydrogen) atoms. The van der Waals surface area contributed by atoms with Crippen LogP contribution in [-0.2, 0) is 9.53 Å². The number of aromatic nitrogens is 1. The van der Waals surface area contributed by atoms with E-state index in [0.29, 0.717) is 31.3 Å². The van der Waals surface area contributed by atoms with Crippen LogP contribution in [0.3, 0.4) is 0 Å². The molecule has 0 bridgehead atoms. The molecule has 2 aromatic rings. The maximum atomic E-state index is 12.6. The summed E-state index contributed by atoms with van der Waals surface area (Å²) in [5.41, 5.74) is 3.97. The van der Waals surface area contributed by atoms with Crippen LogP contribution in [0, 0.1) is 25.2 Å². The van der Waals surface area contributed by atoms with Crippen LogP contribution in [0.4, 0.5) is 0 Å². The van der Waals surface area contributed by atoms with Gasteiger partial charge in [-0.25, -0.2) is 0 Å². The Morgan fingerprint density at radius 2 is 1.88 bits per heavy atom. The summed E-state index contributed by atoms with van der Waals surface area (Å²) in [4.78, 5) is 14.3. The Morgan fingerprint density at radius 3 is 2.50 bits per heavy atom. The summed E-state index contributed by atoms with van der Waals surface area (Å²) in [6, 6.07) is 11.6. The number of morpholine rings is 1. The number of rotatable bonds is 3. The first-order valence-corrected chi connectivity index (χ1v) is 8.82. The molecule has 1 amide bonds. The highest BCUT2D eigenvalue weighted by Gasteiger charge is 2.21. The minimum absolute atomic E-state index is 0.142. The summed E-state index contributed by atoms with van der Waals surface area (Å²) in [7, 11) is 0. The first-order chi connectivity index (χ1) is 12.5. The van der Waals surface area contributed by atoms with Gasteiger partial charge in [0.2, 0.25) is 0 Å². The SMILES string of the molecule is Cc1cc(/C=C(/C#N)C(=O)N2CCOCC2)c(C)n1-c1ccc(Cl)cc1. The average Bonchev–Trinajstić information content (AvgIpc) is 2.94. The number of hydrogen-bond acceptors (Lipinski definition) is 3. The van der Waals surface area contributed by atoms with Gasteiger partial charge in [0.15, 0.2) is 0 Å². The molecule has 1 fully saturated rings. The molecule has 0 N–H and O–H groups in total. The van der Waals surface area contributed by atoms with Crippen LogP contribution in [0.1, 0.15) is 17.0 Å². The van der Waals surface area contributed by atoms with Crippen molar-refractivity contribution in [1.29, 1.82) is 5.26 Å². The van der Waals surface area contributed by atoms with Crippen molar-refractivity contribution in [1.82, 2.24) is 9.47 Å². The Morgan fingerprint density at radius 1 is 1.23 bits per heavy atom. The fraction of sp³-hybridized carbons (Fsp3) is 0.300. The zero-order valence-electron chi connectivity index (χ0n) is 14.8. The van der Waals surface area contributed by atoms with Crippen molar-refractivity contribution in [2.75, 3.05) is 26.3 Å². The molecule has 1 aromatic carbocycles. The van der Waals surface area contributed by atoms with E-state index in [0.717, 1.165) is 22.6 Å². The van der Waals surface area contributed by atoms with Gasteiger partial charge in [0.1, 0.15) is 11.6 Å². The number of carbonyl (C=O) groups excluding carboxylic acids is 1. The number of nitriles is 1. The number of aryl methyl sites for hydroxylation is 1. The average molecular weight is 370 g/mol. The third kappa shape index (κ3) is 3.67. The van der Waals surface area contributed by atoms with Crippen molar-refractivity contribution in [3.8, 4) is 11.8 Å². The van der Waals surface area contributed by atoms with Gasteiger partial charge >= 0.3 is 0 Å². The molecule has 1 aliphatic heterocycles. The molecule has 0 unspecified atom stereocenters. The Labute approximate surface area is 158 Å². The lowest BCUT2D eigenvalue weighted by atomic mass is 10.1. The van der Waals surface area contributed by atoms with E-state index < -0.39 is 0 Å². The lowest BCUT2D eigenvalue weighted by molar-refractivity contribution is -0.130.